The van der Waals surface area contributed by atoms with Gasteiger partial charge in [-0.1, -0.05) is 34.8 Å². The van der Waals surface area contributed by atoms with Gasteiger partial charge in [-0.15, -0.1) is 0 Å². The Morgan fingerprint density at radius 1 is 0.700 bits per heavy atom. The summed E-state index contributed by atoms with van der Waals surface area (Å²) in [6, 6.07) is 21.9. The fourth-order valence-corrected chi connectivity index (χ4v) is 8.08. The molecular weight excluding hydrogens is 669 g/mol. The fraction of sp³-hybridized carbons (Fsp3) is 0.306. The highest BCUT2D eigenvalue weighted by atomic mass is 32.1. The maximum atomic E-state index is 14.1. The lowest BCUT2D eigenvalue weighted by molar-refractivity contribution is 0.104. The molecule has 0 atom stereocenters. The minimum absolute atomic E-state index is 0.157. The molecule has 0 saturated carbocycles. The number of ketones is 1. The van der Waals surface area contributed by atoms with Gasteiger partial charge in [0.25, 0.3) is 0 Å². The van der Waals surface area contributed by atoms with Crippen molar-refractivity contribution in [1.82, 2.24) is 19.8 Å². The van der Waals surface area contributed by atoms with Crippen LogP contribution in [-0.4, -0.2) is 99.1 Å². The zero-order chi connectivity index (χ0) is 34.8. The molecule has 5 aromatic rings. The van der Waals surface area contributed by atoms with Crippen LogP contribution < -0.4 is 36.6 Å². The first-order chi connectivity index (χ1) is 24.2. The topological polar surface area (TPSA) is 141 Å². The summed E-state index contributed by atoms with van der Waals surface area (Å²) in [6.07, 6.45) is 0. The number of carbonyl (C=O) groups is 1. The second-order valence-electron chi connectivity index (χ2n) is 12.6. The number of methoxy groups -OCH3 is 1. The van der Waals surface area contributed by atoms with Crippen molar-refractivity contribution in [2.75, 3.05) is 105 Å². The molecule has 0 spiro atoms. The first kappa shape index (κ1) is 33.6. The third kappa shape index (κ3) is 7.19. The van der Waals surface area contributed by atoms with Crippen molar-refractivity contribution in [1.29, 1.82) is 0 Å². The Morgan fingerprint density at radius 2 is 1.20 bits per heavy atom. The van der Waals surface area contributed by atoms with Gasteiger partial charge in [0.1, 0.15) is 22.3 Å². The van der Waals surface area contributed by atoms with Gasteiger partial charge < -0.3 is 46.4 Å². The molecule has 7 rings (SSSR count). The van der Waals surface area contributed by atoms with Crippen LogP contribution in [0.25, 0.3) is 10.4 Å². The van der Waals surface area contributed by atoms with E-state index in [1.54, 1.807) is 19.2 Å². The van der Waals surface area contributed by atoms with E-state index < -0.39 is 0 Å². The molecule has 2 aromatic heterocycles. The highest BCUT2D eigenvalue weighted by molar-refractivity contribution is 7.20. The highest BCUT2D eigenvalue weighted by Crippen LogP contribution is 2.44. The summed E-state index contributed by atoms with van der Waals surface area (Å²) < 4.78 is 5.74. The highest BCUT2D eigenvalue weighted by Gasteiger charge is 2.26. The molecule has 260 valence electrons. The lowest BCUT2D eigenvalue weighted by Gasteiger charge is -2.34. The van der Waals surface area contributed by atoms with Gasteiger partial charge in [0.05, 0.1) is 12.0 Å². The van der Waals surface area contributed by atoms with Gasteiger partial charge in [-0.2, -0.15) is 0 Å². The number of likely N-dealkylation sites (N-methyl/N-ethyl adjacent to an activating group) is 2. The number of nitrogens with zero attached hydrogens (tertiary/aromatic N) is 6. The number of rotatable bonds is 10. The van der Waals surface area contributed by atoms with Gasteiger partial charge in [0, 0.05) is 86.2 Å². The Labute approximate surface area is 300 Å². The first-order valence-electron chi connectivity index (χ1n) is 16.6. The molecule has 0 amide bonds. The molecular formula is C36H42N10O2S2. The van der Waals surface area contributed by atoms with Gasteiger partial charge in [0.2, 0.25) is 5.78 Å². The number of piperazine rings is 2. The van der Waals surface area contributed by atoms with Gasteiger partial charge in [-0.3, -0.25) is 4.79 Å². The summed E-state index contributed by atoms with van der Waals surface area (Å²) >= 11 is 2.58. The molecule has 2 aliphatic heterocycles. The van der Waals surface area contributed by atoms with Crippen molar-refractivity contribution in [3.05, 3.63) is 77.2 Å². The van der Waals surface area contributed by atoms with Crippen LogP contribution in [0.2, 0.25) is 0 Å². The Morgan fingerprint density at radius 3 is 1.72 bits per heavy atom. The SMILES string of the molecule is COc1cccc(C(=O)c2sc(Nc3ccc(N4CCN(C)CC4)cc3)nc2N)c1-c1sc(Nc2ccc(N3CCN(C)CC3)cc2)nc1N. The van der Waals surface area contributed by atoms with Crippen LogP contribution in [0.5, 0.6) is 5.75 Å². The van der Waals surface area contributed by atoms with Crippen LogP contribution in [-0.2, 0) is 0 Å². The van der Waals surface area contributed by atoms with Crippen molar-refractivity contribution >= 4 is 73.1 Å². The molecule has 2 fully saturated rings. The van der Waals surface area contributed by atoms with Crippen LogP contribution in [0.1, 0.15) is 15.2 Å². The number of benzene rings is 3. The van der Waals surface area contributed by atoms with Crippen LogP contribution in [0.3, 0.4) is 0 Å². The average Bonchev–Trinajstić information content (AvgIpc) is 3.69. The Balaban J connectivity index is 1.09. The molecule has 0 bridgehead atoms. The van der Waals surface area contributed by atoms with Gasteiger partial charge in [-0.25, -0.2) is 9.97 Å². The molecule has 2 saturated heterocycles. The monoisotopic (exact) mass is 710 g/mol. The number of nitrogens with one attached hydrogen (secondary N) is 2. The molecule has 3 aromatic carbocycles. The van der Waals surface area contributed by atoms with E-state index in [2.05, 4.69) is 78.6 Å². The van der Waals surface area contributed by atoms with Crippen molar-refractivity contribution in [3.63, 3.8) is 0 Å². The third-order valence-electron chi connectivity index (χ3n) is 9.20. The van der Waals surface area contributed by atoms with Crippen LogP contribution in [0, 0.1) is 0 Å². The maximum Gasteiger partial charge on any atom is 0.207 e. The van der Waals surface area contributed by atoms with Gasteiger partial charge in [-0.05, 0) is 68.7 Å². The lowest BCUT2D eigenvalue weighted by Crippen LogP contribution is -2.44. The average molecular weight is 711 g/mol. The number of nitrogens with two attached hydrogens (primary N) is 2. The summed E-state index contributed by atoms with van der Waals surface area (Å²) in [5.41, 5.74) is 18.0. The predicted molar refractivity (Wildman–Crippen MR) is 207 cm³/mol. The van der Waals surface area contributed by atoms with Crippen molar-refractivity contribution in [2.24, 2.45) is 0 Å². The quantitative estimate of drug-likeness (QED) is 0.133. The summed E-state index contributed by atoms with van der Waals surface area (Å²) in [5.74, 6) is 0.695. The Bertz CT molecular complexity index is 1940. The van der Waals surface area contributed by atoms with Crippen LogP contribution in [0.4, 0.5) is 44.6 Å². The molecule has 12 nitrogen and oxygen atoms in total. The Hall–Kier alpha value is -4.89. The summed E-state index contributed by atoms with van der Waals surface area (Å²) in [6.45, 7) is 8.20. The molecule has 0 aliphatic carbocycles. The van der Waals surface area contributed by atoms with Crippen molar-refractivity contribution in [3.8, 4) is 16.2 Å². The molecule has 2 aliphatic rings. The molecule has 14 heteroatoms. The minimum atomic E-state index is -0.269. The third-order valence-corrected chi connectivity index (χ3v) is 11.2. The second-order valence-corrected chi connectivity index (χ2v) is 14.6. The molecule has 50 heavy (non-hydrogen) atoms. The number of ether oxygens (including phenoxy) is 1. The standard InChI is InChI=1S/C36H42N10O2S2/c1-43-15-19-45(20-16-43)25-11-7-23(8-12-25)39-35-41-33(37)31(49-35)29-27(5-4-6-28(29)48-3)30(47)32-34(38)42-36(50-32)40-24-9-13-26(14-10-24)46-21-17-44(2)18-22-46/h4-14H,15-22,37-38H2,1-3H3,(H,39,41)(H,40,42). The number of hydrogen-bond acceptors (Lipinski definition) is 14. The lowest BCUT2D eigenvalue weighted by atomic mass is 10.00. The smallest absolute Gasteiger partial charge is 0.207 e. The largest absolute Gasteiger partial charge is 0.496 e. The zero-order valence-corrected chi connectivity index (χ0v) is 30.1. The number of hydrogen-bond donors (Lipinski definition) is 4. The fourth-order valence-electron chi connectivity index (χ4n) is 6.25. The van der Waals surface area contributed by atoms with Crippen LogP contribution in [0.15, 0.2) is 66.7 Å². The number of carbonyl (C=O) groups excluding carboxylic acids is 1. The number of thiazole rings is 2. The Kier molecular flexibility index (Phi) is 9.76. The second kappa shape index (κ2) is 14.5. The summed E-state index contributed by atoms with van der Waals surface area (Å²) in [5, 5.41) is 7.84. The zero-order valence-electron chi connectivity index (χ0n) is 28.5. The molecule has 6 N–H and O–H groups in total. The normalized spacial score (nSPS) is 15.7. The van der Waals surface area contributed by atoms with E-state index in [-0.39, 0.29) is 11.6 Å². The summed E-state index contributed by atoms with van der Waals surface area (Å²) in [4.78, 5) is 33.7. The number of aromatic nitrogens is 2. The predicted octanol–water partition coefficient (Wildman–Crippen LogP) is 5.66. The number of anilines is 8. The molecule has 0 radical (unpaired) electrons. The molecule has 0 unspecified atom stereocenters. The van der Waals surface area contributed by atoms with E-state index in [1.807, 2.05) is 30.3 Å². The van der Waals surface area contributed by atoms with E-state index in [0.29, 0.717) is 42.7 Å². The number of nitrogen functional groups attached to an aromatic ring is 2. The van der Waals surface area contributed by atoms with Gasteiger partial charge in [0.15, 0.2) is 10.3 Å². The van der Waals surface area contributed by atoms with Crippen LogP contribution >= 0.6 is 22.7 Å². The summed E-state index contributed by atoms with van der Waals surface area (Å²) in [7, 11) is 5.88. The van der Waals surface area contributed by atoms with E-state index in [1.165, 1.54) is 34.0 Å². The first-order valence-corrected chi connectivity index (χ1v) is 18.2. The van der Waals surface area contributed by atoms with Gasteiger partial charge >= 0.3 is 0 Å². The van der Waals surface area contributed by atoms with E-state index in [0.717, 1.165) is 63.7 Å². The van der Waals surface area contributed by atoms with E-state index in [4.69, 9.17) is 16.2 Å². The van der Waals surface area contributed by atoms with E-state index >= 15 is 0 Å². The minimum Gasteiger partial charge on any atom is -0.496 e. The van der Waals surface area contributed by atoms with E-state index in [9.17, 15) is 4.79 Å². The maximum absolute atomic E-state index is 14.1. The molecule has 4 heterocycles. The van der Waals surface area contributed by atoms with Crippen molar-refractivity contribution < 1.29 is 9.53 Å². The van der Waals surface area contributed by atoms with Crippen molar-refractivity contribution in [2.45, 2.75) is 0 Å².